The lowest BCUT2D eigenvalue weighted by Gasteiger charge is -1.85. The second kappa shape index (κ2) is 2.55. The molecule has 1 aromatic rings. The van der Waals surface area contributed by atoms with Crippen molar-refractivity contribution in [2.24, 2.45) is 0 Å². The maximum Gasteiger partial charge on any atom is 0.223 e. The van der Waals surface area contributed by atoms with Crippen molar-refractivity contribution in [1.82, 2.24) is 9.97 Å². The lowest BCUT2D eigenvalue weighted by molar-refractivity contribution is 1.12. The summed E-state index contributed by atoms with van der Waals surface area (Å²) in [7, 11) is 0. The van der Waals surface area contributed by atoms with E-state index in [1.54, 1.807) is 0 Å². The summed E-state index contributed by atoms with van der Waals surface area (Å²) in [6.45, 7) is 6.54. The Morgan fingerprint density at radius 2 is 2.00 bits per heavy atom. The van der Waals surface area contributed by atoms with E-state index in [9.17, 15) is 0 Å². The van der Waals surface area contributed by atoms with Gasteiger partial charge in [-0.2, -0.15) is 0 Å². The number of hydrogen-bond donors (Lipinski definition) is 0. The second-order valence-corrected chi connectivity index (χ2v) is 2.03. The highest BCUT2D eigenvalue weighted by atomic mass is 79.9. The van der Waals surface area contributed by atoms with Gasteiger partial charge in [-0.15, -0.1) is 0 Å². The van der Waals surface area contributed by atoms with Crippen LogP contribution < -0.4 is 0 Å². The fourth-order valence-electron chi connectivity index (χ4n) is 0.363. The molecule has 0 saturated carbocycles. The molecule has 0 aliphatic carbocycles. The van der Waals surface area contributed by atoms with Gasteiger partial charge in [0.05, 0.1) is 6.57 Å². The number of rotatable bonds is 0. The van der Waals surface area contributed by atoms with E-state index in [4.69, 9.17) is 6.57 Å². The summed E-state index contributed by atoms with van der Waals surface area (Å²) < 4.78 is 0.509. The predicted molar refractivity (Wildman–Crippen MR) is 36.0 cm³/mol. The van der Waals surface area contributed by atoms with Crippen LogP contribution in [0, 0.1) is 6.57 Å². The first-order valence-corrected chi connectivity index (χ1v) is 2.97. The average molecular weight is 184 g/mol. The minimum atomic E-state index is 0.457. The van der Waals surface area contributed by atoms with E-state index in [1.807, 2.05) is 0 Å². The van der Waals surface area contributed by atoms with Crippen LogP contribution in [0.4, 0.5) is 5.69 Å². The minimum absolute atomic E-state index is 0.457. The third-order valence-corrected chi connectivity index (χ3v) is 1.15. The summed E-state index contributed by atoms with van der Waals surface area (Å²) in [5.74, 6) is 0. The smallest absolute Gasteiger partial charge is 0.223 e. The van der Waals surface area contributed by atoms with Crippen molar-refractivity contribution < 1.29 is 0 Å². The van der Waals surface area contributed by atoms with Crippen molar-refractivity contribution in [3.63, 3.8) is 0 Å². The molecule has 0 bridgehead atoms. The maximum absolute atomic E-state index is 6.54. The molecule has 0 aromatic carbocycles. The molecule has 1 aromatic heterocycles. The molecule has 0 aliphatic rings. The SMILES string of the molecule is [C-]#[N+]c1cnc(Br)nc1. The van der Waals surface area contributed by atoms with Crippen molar-refractivity contribution in [2.75, 3.05) is 0 Å². The van der Waals surface area contributed by atoms with Gasteiger partial charge in [-0.25, -0.2) is 14.8 Å². The lowest BCUT2D eigenvalue weighted by Crippen LogP contribution is -1.76. The molecule has 0 aliphatic heterocycles. The summed E-state index contributed by atoms with van der Waals surface area (Å²) in [6, 6.07) is 0. The van der Waals surface area contributed by atoms with Crippen LogP contribution in [0.3, 0.4) is 0 Å². The largest absolute Gasteiger partial charge is 0.243 e. The Kier molecular flexibility index (Phi) is 1.75. The zero-order valence-electron chi connectivity index (χ0n) is 4.37. The monoisotopic (exact) mass is 183 g/mol. The van der Waals surface area contributed by atoms with Gasteiger partial charge in [0, 0.05) is 12.4 Å². The molecule has 0 radical (unpaired) electrons. The lowest BCUT2D eigenvalue weighted by atomic mass is 10.6. The van der Waals surface area contributed by atoms with Crippen LogP contribution in [0.5, 0.6) is 0 Å². The Morgan fingerprint density at radius 1 is 1.44 bits per heavy atom. The van der Waals surface area contributed by atoms with Crippen LogP contribution >= 0.6 is 15.9 Å². The molecule has 3 nitrogen and oxygen atoms in total. The molecule has 1 heterocycles. The van der Waals surface area contributed by atoms with E-state index in [2.05, 4.69) is 30.7 Å². The molecule has 0 spiro atoms. The zero-order valence-corrected chi connectivity index (χ0v) is 5.96. The van der Waals surface area contributed by atoms with E-state index in [1.165, 1.54) is 12.4 Å². The predicted octanol–water partition coefficient (Wildman–Crippen LogP) is 1.79. The van der Waals surface area contributed by atoms with Crippen LogP contribution in [0.25, 0.3) is 4.85 Å². The van der Waals surface area contributed by atoms with Crippen LogP contribution in [0.15, 0.2) is 17.1 Å². The first-order chi connectivity index (χ1) is 4.33. The Hall–Kier alpha value is -0.950. The van der Waals surface area contributed by atoms with Gasteiger partial charge < -0.3 is 0 Å². The van der Waals surface area contributed by atoms with Crippen LogP contribution in [0.2, 0.25) is 0 Å². The standard InChI is InChI=1S/C5H2BrN3/c1-7-4-2-8-5(6)9-3-4/h2-3H. The molecule has 1 rings (SSSR count). The molecule has 4 heteroatoms. The Labute approximate surface area is 60.7 Å². The third-order valence-electron chi connectivity index (χ3n) is 0.736. The molecule has 44 valence electrons. The first-order valence-electron chi connectivity index (χ1n) is 2.18. The van der Waals surface area contributed by atoms with Gasteiger partial charge in [-0.05, 0) is 15.9 Å². The fraction of sp³-hybridized carbons (Fsp3) is 0. The summed E-state index contributed by atoms with van der Waals surface area (Å²) in [5.41, 5.74) is 0.457. The molecular formula is C5H2BrN3. The summed E-state index contributed by atoms with van der Waals surface area (Å²) in [4.78, 5) is 10.6. The fourth-order valence-corrected chi connectivity index (χ4v) is 0.568. The van der Waals surface area contributed by atoms with Crippen molar-refractivity contribution >= 4 is 21.6 Å². The Morgan fingerprint density at radius 3 is 2.44 bits per heavy atom. The van der Waals surface area contributed by atoms with Gasteiger partial charge in [0.2, 0.25) is 5.69 Å². The molecule has 0 saturated heterocycles. The average Bonchev–Trinajstić information content (AvgIpc) is 1.90. The molecule has 0 atom stereocenters. The van der Waals surface area contributed by atoms with Crippen LogP contribution in [-0.4, -0.2) is 9.97 Å². The highest BCUT2D eigenvalue weighted by Crippen LogP contribution is 2.08. The molecule has 0 amide bonds. The van der Waals surface area contributed by atoms with Crippen molar-refractivity contribution in [3.8, 4) is 0 Å². The van der Waals surface area contributed by atoms with E-state index in [0.29, 0.717) is 10.4 Å². The van der Waals surface area contributed by atoms with Gasteiger partial charge >= 0.3 is 0 Å². The molecular weight excluding hydrogens is 182 g/mol. The summed E-state index contributed by atoms with van der Waals surface area (Å²) >= 11 is 3.05. The van der Waals surface area contributed by atoms with Gasteiger partial charge in [0.15, 0.2) is 4.73 Å². The summed E-state index contributed by atoms with van der Waals surface area (Å²) in [5, 5.41) is 0. The van der Waals surface area contributed by atoms with E-state index < -0.39 is 0 Å². The van der Waals surface area contributed by atoms with Gasteiger partial charge in [0.25, 0.3) is 0 Å². The first kappa shape index (κ1) is 6.17. The van der Waals surface area contributed by atoms with Crippen molar-refractivity contribution in [2.45, 2.75) is 0 Å². The minimum Gasteiger partial charge on any atom is -0.243 e. The van der Waals surface area contributed by atoms with Crippen LogP contribution in [0.1, 0.15) is 0 Å². The Bertz CT molecular complexity index is 235. The number of hydrogen-bond acceptors (Lipinski definition) is 2. The molecule has 0 unspecified atom stereocenters. The second-order valence-electron chi connectivity index (χ2n) is 1.32. The quantitative estimate of drug-likeness (QED) is 0.454. The van der Waals surface area contributed by atoms with Gasteiger partial charge in [0.1, 0.15) is 0 Å². The third kappa shape index (κ3) is 1.47. The summed E-state index contributed by atoms with van der Waals surface area (Å²) in [6.07, 6.45) is 2.92. The number of aromatic nitrogens is 2. The van der Waals surface area contributed by atoms with Gasteiger partial charge in [-0.3, -0.25) is 0 Å². The topological polar surface area (TPSA) is 30.1 Å². The van der Waals surface area contributed by atoms with E-state index >= 15 is 0 Å². The maximum atomic E-state index is 6.54. The Balaban J connectivity index is 3.06. The van der Waals surface area contributed by atoms with Crippen LogP contribution in [-0.2, 0) is 0 Å². The number of nitrogens with zero attached hydrogens (tertiary/aromatic N) is 3. The van der Waals surface area contributed by atoms with Crippen molar-refractivity contribution in [1.29, 1.82) is 0 Å². The normalized spacial score (nSPS) is 8.44. The molecule has 0 N–H and O–H groups in total. The molecule has 9 heavy (non-hydrogen) atoms. The van der Waals surface area contributed by atoms with Crippen molar-refractivity contribution in [3.05, 3.63) is 28.5 Å². The van der Waals surface area contributed by atoms with Gasteiger partial charge in [-0.1, -0.05) is 0 Å². The highest BCUT2D eigenvalue weighted by Gasteiger charge is 1.89. The van der Waals surface area contributed by atoms with E-state index in [-0.39, 0.29) is 0 Å². The highest BCUT2D eigenvalue weighted by molar-refractivity contribution is 9.10. The zero-order chi connectivity index (χ0) is 6.69. The molecule has 0 fully saturated rings. The number of halogens is 1. The van der Waals surface area contributed by atoms with E-state index in [0.717, 1.165) is 0 Å².